The lowest BCUT2D eigenvalue weighted by Gasteiger charge is -2.38. The summed E-state index contributed by atoms with van der Waals surface area (Å²) in [6, 6.07) is 8.22. The average molecular weight is 292 g/mol. The Hall–Kier alpha value is -0.930. The lowest BCUT2D eigenvalue weighted by molar-refractivity contribution is 0.214. The quantitative estimate of drug-likeness (QED) is 0.825. The summed E-state index contributed by atoms with van der Waals surface area (Å²) in [5.74, 6) is 1.19. The van der Waals surface area contributed by atoms with Crippen LogP contribution in [0.15, 0.2) is 24.3 Å². The predicted octanol–water partition coefficient (Wildman–Crippen LogP) is 3.64. The van der Waals surface area contributed by atoms with Gasteiger partial charge in [0.15, 0.2) is 0 Å². The second-order valence-electron chi connectivity index (χ2n) is 7.07. The Morgan fingerprint density at radius 1 is 1.19 bits per heavy atom. The number of nitrogens with one attached hydrogen (secondary N) is 1. The van der Waals surface area contributed by atoms with Crippen molar-refractivity contribution in [3.63, 3.8) is 0 Å². The van der Waals surface area contributed by atoms with Gasteiger partial charge in [-0.3, -0.25) is 0 Å². The molecule has 2 nitrogen and oxygen atoms in total. The van der Waals surface area contributed by atoms with Crippen molar-refractivity contribution in [2.45, 2.75) is 51.1 Å². The Kier molecular flexibility index (Phi) is 5.77. The molecule has 0 aromatic heterocycles. The molecule has 2 rings (SSSR count). The van der Waals surface area contributed by atoms with Gasteiger partial charge in [0.1, 0.15) is 5.82 Å². The summed E-state index contributed by atoms with van der Waals surface area (Å²) in [5, 5.41) is 3.70. The van der Waals surface area contributed by atoms with Gasteiger partial charge in [0.2, 0.25) is 0 Å². The number of likely N-dealkylation sites (N-methyl/N-ethyl adjacent to an activating group) is 1. The van der Waals surface area contributed by atoms with Crippen LogP contribution < -0.4 is 5.32 Å². The van der Waals surface area contributed by atoms with Crippen LogP contribution in [0.2, 0.25) is 0 Å². The first-order chi connectivity index (χ1) is 9.95. The molecule has 1 aliphatic carbocycles. The minimum absolute atomic E-state index is 0.143. The summed E-state index contributed by atoms with van der Waals surface area (Å²) in [6.07, 6.45) is 3.58. The first-order valence-electron chi connectivity index (χ1n) is 8.11. The smallest absolute Gasteiger partial charge is 0.123 e. The summed E-state index contributed by atoms with van der Waals surface area (Å²) in [6.45, 7) is 5.63. The highest BCUT2D eigenvalue weighted by atomic mass is 19.1. The lowest BCUT2D eigenvalue weighted by atomic mass is 9.76. The molecule has 1 atom stereocenters. The van der Waals surface area contributed by atoms with Crippen molar-refractivity contribution < 1.29 is 4.39 Å². The molecule has 0 amide bonds. The van der Waals surface area contributed by atoms with Crippen LogP contribution in [0, 0.1) is 11.7 Å². The lowest BCUT2D eigenvalue weighted by Crippen LogP contribution is -2.47. The van der Waals surface area contributed by atoms with Gasteiger partial charge in [-0.05, 0) is 62.9 Å². The van der Waals surface area contributed by atoms with Crippen molar-refractivity contribution in [3.8, 4) is 0 Å². The number of benzene rings is 1. The number of nitrogens with zero attached hydrogens (tertiary/aromatic N) is 1. The molecule has 1 aliphatic rings. The van der Waals surface area contributed by atoms with Crippen molar-refractivity contribution in [2.75, 3.05) is 20.6 Å². The largest absolute Gasteiger partial charge is 0.312 e. The molecule has 0 bridgehead atoms. The summed E-state index contributed by atoms with van der Waals surface area (Å²) in [7, 11) is 4.33. The fourth-order valence-electron chi connectivity index (χ4n) is 3.12. The van der Waals surface area contributed by atoms with Gasteiger partial charge in [-0.15, -0.1) is 0 Å². The van der Waals surface area contributed by atoms with Crippen molar-refractivity contribution in [1.82, 2.24) is 10.2 Å². The highest BCUT2D eigenvalue weighted by molar-refractivity contribution is 5.23. The summed E-state index contributed by atoms with van der Waals surface area (Å²) < 4.78 is 12.9. The van der Waals surface area contributed by atoms with Gasteiger partial charge < -0.3 is 10.2 Å². The van der Waals surface area contributed by atoms with E-state index in [1.807, 2.05) is 12.1 Å². The molecule has 1 N–H and O–H groups in total. The zero-order chi connectivity index (χ0) is 15.4. The van der Waals surface area contributed by atoms with E-state index in [0.717, 1.165) is 12.5 Å². The second-order valence-corrected chi connectivity index (χ2v) is 7.07. The highest BCUT2D eigenvalue weighted by Crippen LogP contribution is 2.36. The molecular weight excluding hydrogens is 263 g/mol. The Morgan fingerprint density at radius 3 is 2.33 bits per heavy atom. The molecule has 3 heteroatoms. The molecule has 1 unspecified atom stereocenters. The van der Waals surface area contributed by atoms with Crippen molar-refractivity contribution in [1.29, 1.82) is 0 Å². The molecule has 0 aliphatic heterocycles. The van der Waals surface area contributed by atoms with E-state index >= 15 is 0 Å². The van der Waals surface area contributed by atoms with Gasteiger partial charge in [-0.1, -0.05) is 26.0 Å². The highest BCUT2D eigenvalue weighted by Gasteiger charge is 2.30. The monoisotopic (exact) mass is 292 g/mol. The standard InChI is InChI=1S/C18H29FN2/c1-13(2)9-18(21(3)4)12-20-17-10-15(11-17)14-5-7-16(19)8-6-14/h5-8,13,15,17-18,20H,9-12H2,1-4H3. The predicted molar refractivity (Wildman–Crippen MR) is 87.1 cm³/mol. The zero-order valence-electron chi connectivity index (χ0n) is 13.8. The maximum Gasteiger partial charge on any atom is 0.123 e. The van der Waals surface area contributed by atoms with Crippen molar-refractivity contribution in [2.24, 2.45) is 5.92 Å². The Labute approximate surface area is 128 Å². The van der Waals surface area contributed by atoms with Crippen molar-refractivity contribution >= 4 is 0 Å². The van der Waals surface area contributed by atoms with Gasteiger partial charge in [-0.2, -0.15) is 0 Å². The molecule has 1 aromatic carbocycles. The maximum absolute atomic E-state index is 12.9. The molecule has 0 heterocycles. The molecule has 0 radical (unpaired) electrons. The Bertz CT molecular complexity index is 421. The Balaban J connectivity index is 1.73. The normalized spacial score (nSPS) is 23.4. The van der Waals surface area contributed by atoms with E-state index in [1.54, 1.807) is 12.1 Å². The van der Waals surface area contributed by atoms with Gasteiger partial charge >= 0.3 is 0 Å². The fraction of sp³-hybridized carbons (Fsp3) is 0.667. The molecule has 0 saturated heterocycles. The van der Waals surface area contributed by atoms with Gasteiger partial charge in [0.05, 0.1) is 0 Å². The summed E-state index contributed by atoms with van der Waals surface area (Å²) in [4.78, 5) is 2.32. The van der Waals surface area contributed by atoms with E-state index in [1.165, 1.54) is 24.8 Å². The fourth-order valence-corrected chi connectivity index (χ4v) is 3.12. The van der Waals surface area contributed by atoms with Gasteiger partial charge in [-0.25, -0.2) is 4.39 Å². The molecule has 0 spiro atoms. The van der Waals surface area contributed by atoms with E-state index in [4.69, 9.17) is 0 Å². The maximum atomic E-state index is 12.9. The van der Waals surface area contributed by atoms with Gasteiger partial charge in [0, 0.05) is 18.6 Å². The van der Waals surface area contributed by atoms with Crippen LogP contribution >= 0.6 is 0 Å². The first kappa shape index (κ1) is 16.4. The minimum Gasteiger partial charge on any atom is -0.312 e. The molecule has 1 aromatic rings. The van der Waals surface area contributed by atoms with Crippen LogP contribution in [0.3, 0.4) is 0 Å². The van der Waals surface area contributed by atoms with Crippen LogP contribution in [0.5, 0.6) is 0 Å². The number of hydrogen-bond donors (Lipinski definition) is 1. The van der Waals surface area contributed by atoms with E-state index in [2.05, 4.69) is 38.2 Å². The number of rotatable bonds is 7. The van der Waals surface area contributed by atoms with Crippen LogP contribution in [0.25, 0.3) is 0 Å². The van der Waals surface area contributed by atoms with Gasteiger partial charge in [0.25, 0.3) is 0 Å². The minimum atomic E-state index is -0.143. The Morgan fingerprint density at radius 2 is 1.81 bits per heavy atom. The second kappa shape index (κ2) is 7.37. The summed E-state index contributed by atoms with van der Waals surface area (Å²) in [5.41, 5.74) is 1.28. The first-order valence-corrected chi connectivity index (χ1v) is 8.11. The van der Waals surface area contributed by atoms with E-state index in [-0.39, 0.29) is 5.82 Å². The number of halogens is 1. The zero-order valence-corrected chi connectivity index (χ0v) is 13.8. The van der Waals surface area contributed by atoms with E-state index < -0.39 is 0 Å². The molecule has 21 heavy (non-hydrogen) atoms. The van der Waals surface area contributed by atoms with Crippen LogP contribution in [0.1, 0.15) is 44.6 Å². The topological polar surface area (TPSA) is 15.3 Å². The summed E-state index contributed by atoms with van der Waals surface area (Å²) >= 11 is 0. The SMILES string of the molecule is CC(C)CC(CNC1CC(c2ccc(F)cc2)C1)N(C)C. The average Bonchev–Trinajstić information content (AvgIpc) is 2.36. The van der Waals surface area contributed by atoms with E-state index in [9.17, 15) is 4.39 Å². The molecular formula is C18H29FN2. The third-order valence-corrected chi connectivity index (χ3v) is 4.60. The van der Waals surface area contributed by atoms with Crippen LogP contribution in [-0.2, 0) is 0 Å². The van der Waals surface area contributed by atoms with E-state index in [0.29, 0.717) is 18.0 Å². The third-order valence-electron chi connectivity index (χ3n) is 4.60. The molecule has 1 fully saturated rings. The van der Waals surface area contributed by atoms with Crippen LogP contribution in [-0.4, -0.2) is 37.6 Å². The van der Waals surface area contributed by atoms with Crippen LogP contribution in [0.4, 0.5) is 4.39 Å². The third kappa shape index (κ3) is 4.79. The molecule has 118 valence electrons. The van der Waals surface area contributed by atoms with Crippen molar-refractivity contribution in [3.05, 3.63) is 35.6 Å². The molecule has 1 saturated carbocycles. The number of hydrogen-bond acceptors (Lipinski definition) is 2.